The molecule has 108 valence electrons. The molecule has 0 radical (unpaired) electrons. The Labute approximate surface area is 118 Å². The highest BCUT2D eigenvalue weighted by Gasteiger charge is 2.24. The number of sulfone groups is 1. The molecule has 1 heterocycles. The molecular weight excluding hydrogens is 276 g/mol. The Balaban J connectivity index is 2.28. The molecule has 2 aromatic rings. The van der Waals surface area contributed by atoms with Gasteiger partial charge in [0.15, 0.2) is 0 Å². The van der Waals surface area contributed by atoms with Crippen LogP contribution in [0.1, 0.15) is 26.7 Å². The van der Waals surface area contributed by atoms with E-state index in [1.54, 1.807) is 12.1 Å². The van der Waals surface area contributed by atoms with Crippen molar-refractivity contribution < 1.29 is 8.42 Å². The fourth-order valence-corrected chi connectivity index (χ4v) is 3.22. The summed E-state index contributed by atoms with van der Waals surface area (Å²) in [5.74, 6) is 0.431. The van der Waals surface area contributed by atoms with Crippen LogP contribution in [0.5, 0.6) is 0 Å². The van der Waals surface area contributed by atoms with Gasteiger partial charge in [0.1, 0.15) is 0 Å². The van der Waals surface area contributed by atoms with E-state index in [1.807, 2.05) is 32.0 Å². The predicted molar refractivity (Wildman–Crippen MR) is 75.3 cm³/mol. The first-order chi connectivity index (χ1) is 9.54. The molecule has 0 aliphatic rings. The van der Waals surface area contributed by atoms with Crippen LogP contribution in [0.25, 0.3) is 5.69 Å². The summed E-state index contributed by atoms with van der Waals surface area (Å²) in [6, 6.07) is 9.01. The summed E-state index contributed by atoms with van der Waals surface area (Å²) < 4.78 is 26.0. The number of hydrogen-bond donors (Lipinski definition) is 0. The van der Waals surface area contributed by atoms with Gasteiger partial charge in [0.05, 0.1) is 11.4 Å². The maximum absolute atomic E-state index is 12.3. The highest BCUT2D eigenvalue weighted by atomic mass is 32.2. The molecule has 0 unspecified atom stereocenters. The molecule has 0 aliphatic heterocycles. The summed E-state index contributed by atoms with van der Waals surface area (Å²) in [6.45, 7) is 4.08. The average Bonchev–Trinajstić information content (AvgIpc) is 2.96. The van der Waals surface area contributed by atoms with Crippen molar-refractivity contribution in [3.63, 3.8) is 0 Å². The van der Waals surface area contributed by atoms with Gasteiger partial charge in [-0.15, -0.1) is 0 Å². The zero-order chi connectivity index (χ0) is 14.6. The largest absolute Gasteiger partial charge is 0.272 e. The Morgan fingerprint density at radius 2 is 1.95 bits per heavy atom. The quantitative estimate of drug-likeness (QED) is 0.812. The van der Waals surface area contributed by atoms with Crippen molar-refractivity contribution in [1.82, 2.24) is 20.2 Å². The van der Waals surface area contributed by atoms with Crippen molar-refractivity contribution in [1.29, 1.82) is 0 Å². The molecule has 0 bridgehead atoms. The third-order valence-electron chi connectivity index (χ3n) is 3.30. The van der Waals surface area contributed by atoms with Gasteiger partial charge in [-0.2, -0.15) is 4.68 Å². The first kappa shape index (κ1) is 14.6. The summed E-state index contributed by atoms with van der Waals surface area (Å²) in [6.07, 6.45) is 1.57. The molecule has 0 saturated heterocycles. The fraction of sp³-hybridized carbons (Fsp3) is 0.462. The van der Waals surface area contributed by atoms with Gasteiger partial charge in [-0.3, -0.25) is 0 Å². The molecule has 6 nitrogen and oxygen atoms in total. The van der Waals surface area contributed by atoms with E-state index in [0.29, 0.717) is 18.0 Å². The Morgan fingerprint density at radius 3 is 2.60 bits per heavy atom. The second-order valence-electron chi connectivity index (χ2n) is 4.83. The molecular formula is C13H18N4O2S. The van der Waals surface area contributed by atoms with Gasteiger partial charge in [0, 0.05) is 0 Å². The van der Waals surface area contributed by atoms with Gasteiger partial charge < -0.3 is 0 Å². The Morgan fingerprint density at radius 1 is 1.25 bits per heavy atom. The lowest BCUT2D eigenvalue weighted by Crippen LogP contribution is -2.15. The Bertz CT molecular complexity index is 652. The van der Waals surface area contributed by atoms with E-state index in [1.165, 1.54) is 4.68 Å². The van der Waals surface area contributed by atoms with Crippen LogP contribution in [-0.2, 0) is 9.84 Å². The first-order valence-electron chi connectivity index (χ1n) is 6.61. The second kappa shape index (κ2) is 6.13. The average molecular weight is 294 g/mol. The van der Waals surface area contributed by atoms with Gasteiger partial charge in [0.2, 0.25) is 9.84 Å². The van der Waals surface area contributed by atoms with Gasteiger partial charge in [-0.05, 0) is 34.9 Å². The van der Waals surface area contributed by atoms with Crippen molar-refractivity contribution in [2.45, 2.75) is 31.8 Å². The summed E-state index contributed by atoms with van der Waals surface area (Å²) in [5.41, 5.74) is 0.639. The van der Waals surface area contributed by atoms with E-state index in [-0.39, 0.29) is 10.9 Å². The minimum atomic E-state index is -3.47. The van der Waals surface area contributed by atoms with Crippen molar-refractivity contribution in [2.75, 3.05) is 5.75 Å². The molecule has 2 rings (SSSR count). The lowest BCUT2D eigenvalue weighted by atomic mass is 10.1. The molecule has 0 fully saturated rings. The molecule has 1 aromatic carbocycles. The smallest absolute Gasteiger partial charge is 0.220 e. The lowest BCUT2D eigenvalue weighted by Gasteiger charge is -2.08. The standard InChI is InChI=1S/C13H18N4O2S/c1-3-11(2)9-10-20(18,19)13-14-15-16-17(13)12-7-5-4-6-8-12/h4-8,11H,3,9-10H2,1-2H3/t11-/m1/s1. The van der Waals surface area contributed by atoms with Crippen LogP contribution in [0.3, 0.4) is 0 Å². The third-order valence-corrected chi connectivity index (χ3v) is 4.88. The van der Waals surface area contributed by atoms with Crippen LogP contribution < -0.4 is 0 Å². The summed E-state index contributed by atoms with van der Waals surface area (Å²) >= 11 is 0. The maximum atomic E-state index is 12.3. The summed E-state index contributed by atoms with van der Waals surface area (Å²) in [5, 5.41) is 10.9. The number of hydrogen-bond acceptors (Lipinski definition) is 5. The van der Waals surface area contributed by atoms with Crippen molar-refractivity contribution in [3.05, 3.63) is 30.3 Å². The molecule has 0 saturated carbocycles. The van der Waals surface area contributed by atoms with Crippen LogP contribution in [0.4, 0.5) is 0 Å². The van der Waals surface area contributed by atoms with Gasteiger partial charge in [-0.1, -0.05) is 43.6 Å². The Hall–Kier alpha value is -1.76. The highest BCUT2D eigenvalue weighted by molar-refractivity contribution is 7.91. The molecule has 0 amide bonds. The molecule has 20 heavy (non-hydrogen) atoms. The van der Waals surface area contributed by atoms with E-state index in [9.17, 15) is 8.42 Å². The van der Waals surface area contributed by atoms with E-state index >= 15 is 0 Å². The maximum Gasteiger partial charge on any atom is 0.272 e. The van der Waals surface area contributed by atoms with Crippen molar-refractivity contribution in [2.24, 2.45) is 5.92 Å². The molecule has 0 spiro atoms. The fourth-order valence-electron chi connectivity index (χ4n) is 1.76. The van der Waals surface area contributed by atoms with Crippen LogP contribution in [-0.4, -0.2) is 34.4 Å². The first-order valence-corrected chi connectivity index (χ1v) is 8.26. The zero-order valence-corrected chi connectivity index (χ0v) is 12.4. The number of tetrazole rings is 1. The lowest BCUT2D eigenvalue weighted by molar-refractivity contribution is 0.527. The Kier molecular flexibility index (Phi) is 4.49. The molecule has 7 heteroatoms. The number of aromatic nitrogens is 4. The van der Waals surface area contributed by atoms with Gasteiger partial charge >= 0.3 is 0 Å². The number of nitrogens with zero attached hydrogens (tertiary/aromatic N) is 4. The predicted octanol–water partition coefficient (Wildman–Crippen LogP) is 1.87. The minimum Gasteiger partial charge on any atom is -0.220 e. The van der Waals surface area contributed by atoms with Crippen LogP contribution in [0.2, 0.25) is 0 Å². The highest BCUT2D eigenvalue weighted by Crippen LogP contribution is 2.16. The van der Waals surface area contributed by atoms with Crippen LogP contribution in [0, 0.1) is 5.92 Å². The van der Waals surface area contributed by atoms with E-state index in [0.717, 1.165) is 6.42 Å². The van der Waals surface area contributed by atoms with Crippen LogP contribution in [0.15, 0.2) is 35.5 Å². The summed E-state index contributed by atoms with van der Waals surface area (Å²) in [7, 11) is -3.47. The molecule has 1 atom stereocenters. The molecule has 0 N–H and O–H groups in total. The second-order valence-corrected chi connectivity index (χ2v) is 6.83. The number of rotatable bonds is 6. The SMILES string of the molecule is CC[C@@H](C)CCS(=O)(=O)c1nnnn1-c1ccccc1. The zero-order valence-electron chi connectivity index (χ0n) is 11.6. The van der Waals surface area contributed by atoms with Gasteiger partial charge in [0.25, 0.3) is 5.16 Å². The molecule has 1 aromatic heterocycles. The van der Waals surface area contributed by atoms with E-state index in [4.69, 9.17) is 0 Å². The minimum absolute atomic E-state index is 0.0647. The topological polar surface area (TPSA) is 77.7 Å². The third kappa shape index (κ3) is 3.22. The van der Waals surface area contributed by atoms with Gasteiger partial charge in [-0.25, -0.2) is 8.42 Å². The normalized spacial score (nSPS) is 13.3. The van der Waals surface area contributed by atoms with Crippen LogP contribution >= 0.6 is 0 Å². The van der Waals surface area contributed by atoms with E-state index in [2.05, 4.69) is 15.5 Å². The van der Waals surface area contributed by atoms with E-state index < -0.39 is 9.84 Å². The monoisotopic (exact) mass is 294 g/mol. The molecule has 0 aliphatic carbocycles. The van der Waals surface area contributed by atoms with Crippen molar-refractivity contribution in [3.8, 4) is 5.69 Å². The number of benzene rings is 1. The van der Waals surface area contributed by atoms with Crippen molar-refractivity contribution >= 4 is 9.84 Å². The number of para-hydroxylation sites is 1. The summed E-state index contributed by atoms with van der Waals surface area (Å²) in [4.78, 5) is 0.